The van der Waals surface area contributed by atoms with Gasteiger partial charge >= 0.3 is 0 Å². The van der Waals surface area contributed by atoms with Gasteiger partial charge in [-0.3, -0.25) is 4.79 Å². The van der Waals surface area contributed by atoms with E-state index in [1.54, 1.807) is 31.4 Å². The first kappa shape index (κ1) is 14.8. The summed E-state index contributed by atoms with van der Waals surface area (Å²) >= 11 is 0. The lowest BCUT2D eigenvalue weighted by Crippen LogP contribution is -2.16. The summed E-state index contributed by atoms with van der Waals surface area (Å²) in [5.41, 5.74) is 8.12. The number of carbonyl (C=O) groups is 1. The summed E-state index contributed by atoms with van der Waals surface area (Å²) in [6, 6.07) is 14.5. The van der Waals surface area contributed by atoms with Crippen LogP contribution in [0.25, 0.3) is 11.4 Å². The standard InChI is InChI=1S/C17H16N4O2/c1-11-4-3-5-13(10-11)16(22)21-17(18)19-15(20-21)12-6-8-14(23-2)9-7-12/h3-10H,1-2H3,(H2,18,19,20). The van der Waals surface area contributed by atoms with Crippen molar-refractivity contribution >= 4 is 11.9 Å². The highest BCUT2D eigenvalue weighted by atomic mass is 16.5. The highest BCUT2D eigenvalue weighted by Gasteiger charge is 2.16. The molecule has 0 aliphatic rings. The summed E-state index contributed by atoms with van der Waals surface area (Å²) in [7, 11) is 1.60. The predicted molar refractivity (Wildman–Crippen MR) is 87.3 cm³/mol. The van der Waals surface area contributed by atoms with Gasteiger partial charge in [-0.15, -0.1) is 5.10 Å². The normalized spacial score (nSPS) is 10.5. The van der Waals surface area contributed by atoms with Gasteiger partial charge in [-0.25, -0.2) is 0 Å². The molecular formula is C17H16N4O2. The molecule has 2 N–H and O–H groups in total. The van der Waals surface area contributed by atoms with E-state index >= 15 is 0 Å². The molecule has 2 aromatic carbocycles. The molecule has 0 amide bonds. The lowest BCUT2D eigenvalue weighted by Gasteiger charge is -2.02. The molecule has 1 heterocycles. The van der Waals surface area contributed by atoms with Gasteiger partial charge in [0.2, 0.25) is 5.95 Å². The van der Waals surface area contributed by atoms with Crippen molar-refractivity contribution in [2.45, 2.75) is 6.92 Å². The number of nitrogen functional groups attached to an aromatic ring is 1. The molecule has 0 fully saturated rings. The first-order valence-electron chi connectivity index (χ1n) is 7.07. The molecule has 0 bridgehead atoms. The third-order valence-electron chi connectivity index (χ3n) is 3.44. The topological polar surface area (TPSA) is 83.0 Å². The maximum absolute atomic E-state index is 12.5. The highest BCUT2D eigenvalue weighted by molar-refractivity contribution is 5.97. The number of ether oxygens (including phenoxy) is 1. The summed E-state index contributed by atoms with van der Waals surface area (Å²) in [6.07, 6.45) is 0. The van der Waals surface area contributed by atoms with Gasteiger partial charge in [-0.05, 0) is 43.3 Å². The van der Waals surface area contributed by atoms with Crippen molar-refractivity contribution in [3.05, 3.63) is 59.7 Å². The van der Waals surface area contributed by atoms with Gasteiger partial charge in [0.15, 0.2) is 5.82 Å². The van der Waals surface area contributed by atoms with E-state index in [1.807, 2.05) is 31.2 Å². The lowest BCUT2D eigenvalue weighted by molar-refractivity contribution is 0.0948. The Morgan fingerprint density at radius 1 is 1.17 bits per heavy atom. The molecule has 0 spiro atoms. The summed E-state index contributed by atoms with van der Waals surface area (Å²) in [5, 5.41) is 4.23. The van der Waals surface area contributed by atoms with E-state index in [9.17, 15) is 4.79 Å². The second kappa shape index (κ2) is 5.92. The Kier molecular flexibility index (Phi) is 3.80. The number of aromatic nitrogens is 3. The summed E-state index contributed by atoms with van der Waals surface area (Å²) in [4.78, 5) is 16.7. The number of hydrogen-bond donors (Lipinski definition) is 1. The second-order valence-electron chi connectivity index (χ2n) is 5.11. The number of hydrogen-bond acceptors (Lipinski definition) is 5. The number of nitrogens with zero attached hydrogens (tertiary/aromatic N) is 3. The summed E-state index contributed by atoms with van der Waals surface area (Å²) in [5.74, 6) is 0.879. The van der Waals surface area contributed by atoms with Crippen LogP contribution in [0.15, 0.2) is 48.5 Å². The maximum atomic E-state index is 12.5. The van der Waals surface area contributed by atoms with Crippen LogP contribution in [0.4, 0.5) is 5.95 Å². The van der Waals surface area contributed by atoms with Crippen molar-refractivity contribution in [3.8, 4) is 17.1 Å². The van der Waals surface area contributed by atoms with Gasteiger partial charge in [-0.2, -0.15) is 9.67 Å². The van der Waals surface area contributed by atoms with Crippen LogP contribution in [-0.2, 0) is 0 Å². The first-order valence-corrected chi connectivity index (χ1v) is 7.07. The van der Waals surface area contributed by atoms with Gasteiger partial charge in [0.05, 0.1) is 7.11 Å². The van der Waals surface area contributed by atoms with Crippen LogP contribution in [0.3, 0.4) is 0 Å². The minimum absolute atomic E-state index is 0.0577. The zero-order valence-corrected chi connectivity index (χ0v) is 12.9. The number of anilines is 1. The Morgan fingerprint density at radius 2 is 1.91 bits per heavy atom. The molecule has 0 aliphatic heterocycles. The molecule has 0 saturated heterocycles. The van der Waals surface area contributed by atoms with Crippen molar-refractivity contribution in [2.24, 2.45) is 0 Å². The fourth-order valence-corrected chi connectivity index (χ4v) is 2.24. The van der Waals surface area contributed by atoms with E-state index < -0.39 is 0 Å². The van der Waals surface area contributed by atoms with Gasteiger partial charge in [-0.1, -0.05) is 17.7 Å². The van der Waals surface area contributed by atoms with Crippen molar-refractivity contribution in [3.63, 3.8) is 0 Å². The predicted octanol–water partition coefficient (Wildman–Crippen LogP) is 2.53. The largest absolute Gasteiger partial charge is 0.497 e. The third kappa shape index (κ3) is 2.91. The number of carbonyl (C=O) groups excluding carboxylic acids is 1. The number of methoxy groups -OCH3 is 1. The Bertz CT molecular complexity index is 853. The van der Waals surface area contributed by atoms with Gasteiger partial charge in [0.25, 0.3) is 5.91 Å². The molecule has 6 heteroatoms. The molecule has 0 radical (unpaired) electrons. The van der Waals surface area contributed by atoms with Crippen molar-refractivity contribution in [1.82, 2.24) is 14.8 Å². The molecule has 3 rings (SSSR count). The van der Waals surface area contributed by atoms with Gasteiger partial charge < -0.3 is 10.5 Å². The van der Waals surface area contributed by atoms with Crippen molar-refractivity contribution < 1.29 is 9.53 Å². The molecule has 116 valence electrons. The van der Waals surface area contributed by atoms with E-state index in [-0.39, 0.29) is 11.9 Å². The van der Waals surface area contributed by atoms with E-state index in [1.165, 1.54) is 0 Å². The highest BCUT2D eigenvalue weighted by Crippen LogP contribution is 2.21. The number of aryl methyl sites for hydroxylation is 1. The van der Waals surface area contributed by atoms with Crippen LogP contribution < -0.4 is 10.5 Å². The molecule has 0 saturated carbocycles. The third-order valence-corrected chi connectivity index (χ3v) is 3.44. The monoisotopic (exact) mass is 308 g/mol. The SMILES string of the molecule is COc1ccc(-c2nc(N)n(C(=O)c3cccc(C)c3)n2)cc1. The summed E-state index contributed by atoms with van der Waals surface area (Å²) in [6.45, 7) is 1.92. The van der Waals surface area contributed by atoms with E-state index in [0.29, 0.717) is 11.4 Å². The molecule has 23 heavy (non-hydrogen) atoms. The average molecular weight is 308 g/mol. The first-order chi connectivity index (χ1) is 11.1. The van der Waals surface area contributed by atoms with Crippen LogP contribution in [0.2, 0.25) is 0 Å². The number of nitrogens with two attached hydrogens (primary N) is 1. The van der Waals surface area contributed by atoms with E-state index in [0.717, 1.165) is 21.6 Å². The summed E-state index contributed by atoms with van der Waals surface area (Å²) < 4.78 is 6.24. The minimum Gasteiger partial charge on any atom is -0.497 e. The van der Waals surface area contributed by atoms with Crippen molar-refractivity contribution in [1.29, 1.82) is 0 Å². The van der Waals surface area contributed by atoms with E-state index in [2.05, 4.69) is 10.1 Å². The number of benzene rings is 2. The Morgan fingerprint density at radius 3 is 2.57 bits per heavy atom. The number of rotatable bonds is 3. The fraction of sp³-hybridized carbons (Fsp3) is 0.118. The minimum atomic E-state index is -0.307. The molecule has 0 unspecified atom stereocenters. The Balaban J connectivity index is 1.95. The molecule has 0 aliphatic carbocycles. The van der Waals surface area contributed by atoms with Crippen LogP contribution in [0.1, 0.15) is 15.9 Å². The molecule has 1 aromatic heterocycles. The second-order valence-corrected chi connectivity index (χ2v) is 5.11. The maximum Gasteiger partial charge on any atom is 0.281 e. The van der Waals surface area contributed by atoms with E-state index in [4.69, 9.17) is 10.5 Å². The van der Waals surface area contributed by atoms with Gasteiger partial charge in [0.1, 0.15) is 5.75 Å². The van der Waals surface area contributed by atoms with Crippen LogP contribution in [0, 0.1) is 6.92 Å². The zero-order chi connectivity index (χ0) is 16.4. The smallest absolute Gasteiger partial charge is 0.281 e. The van der Waals surface area contributed by atoms with Crippen LogP contribution >= 0.6 is 0 Å². The molecular weight excluding hydrogens is 292 g/mol. The Labute approximate surface area is 133 Å². The molecule has 3 aromatic rings. The Hall–Kier alpha value is -3.15. The van der Waals surface area contributed by atoms with Crippen LogP contribution in [-0.4, -0.2) is 27.8 Å². The average Bonchev–Trinajstić information content (AvgIpc) is 2.96. The van der Waals surface area contributed by atoms with Gasteiger partial charge in [0, 0.05) is 11.1 Å². The molecule has 6 nitrogen and oxygen atoms in total. The molecule has 0 atom stereocenters. The van der Waals surface area contributed by atoms with Crippen molar-refractivity contribution in [2.75, 3.05) is 12.8 Å². The quantitative estimate of drug-likeness (QED) is 0.804. The lowest BCUT2D eigenvalue weighted by atomic mass is 10.1. The fourth-order valence-electron chi connectivity index (χ4n) is 2.24. The van der Waals surface area contributed by atoms with Crippen LogP contribution in [0.5, 0.6) is 5.75 Å². The zero-order valence-electron chi connectivity index (χ0n) is 12.9.